The van der Waals surface area contributed by atoms with Gasteiger partial charge in [0.1, 0.15) is 0 Å². The lowest BCUT2D eigenvalue weighted by atomic mass is 9.88. The molecule has 0 aromatic heterocycles. The van der Waals surface area contributed by atoms with Crippen LogP contribution < -0.4 is 4.72 Å². The number of carbonyl (C=O) groups excluding carboxylic acids is 2. The zero-order chi connectivity index (χ0) is 18.4. The maximum Gasteiger partial charge on any atom is 0.247 e. The molecule has 0 aromatic rings. The molecule has 0 spiro atoms. The molecule has 0 unspecified atom stereocenters. The van der Waals surface area contributed by atoms with E-state index in [9.17, 15) is 18.0 Å². The number of hydrogen-bond acceptors (Lipinski definition) is 5. The lowest BCUT2D eigenvalue weighted by Crippen LogP contribution is -2.53. The molecule has 2 aliphatic rings. The van der Waals surface area contributed by atoms with E-state index in [1.165, 1.54) is 19.3 Å². The molecule has 25 heavy (non-hydrogen) atoms. The Morgan fingerprint density at radius 1 is 1.12 bits per heavy atom. The minimum absolute atomic E-state index is 0.0582. The fourth-order valence-corrected chi connectivity index (χ4v) is 4.48. The Labute approximate surface area is 151 Å². The maximum atomic E-state index is 12.2. The summed E-state index contributed by atoms with van der Waals surface area (Å²) in [5.74, 6) is 0.119. The van der Waals surface area contributed by atoms with E-state index in [0.29, 0.717) is 12.5 Å². The van der Waals surface area contributed by atoms with Crippen molar-refractivity contribution in [3.8, 4) is 0 Å². The summed E-state index contributed by atoms with van der Waals surface area (Å²) in [6.07, 6.45) is 8.88. The minimum Gasteiger partial charge on any atom is -0.341 e. The van der Waals surface area contributed by atoms with Crippen molar-refractivity contribution in [3.05, 3.63) is 0 Å². The average molecular weight is 374 g/mol. The van der Waals surface area contributed by atoms with Crippen LogP contribution in [0.2, 0.25) is 0 Å². The van der Waals surface area contributed by atoms with Crippen molar-refractivity contribution in [3.63, 3.8) is 0 Å². The van der Waals surface area contributed by atoms with Crippen LogP contribution in [0.25, 0.3) is 0 Å². The van der Waals surface area contributed by atoms with Gasteiger partial charge in [-0.25, -0.2) is 8.42 Å². The van der Waals surface area contributed by atoms with E-state index in [4.69, 9.17) is 0 Å². The van der Waals surface area contributed by atoms with E-state index in [1.807, 2.05) is 4.90 Å². The number of amides is 2. The molecule has 1 saturated carbocycles. The Balaban J connectivity index is 2.04. The number of nitrogens with zero attached hydrogens (tertiary/aromatic N) is 2. The van der Waals surface area contributed by atoms with Crippen molar-refractivity contribution in [2.24, 2.45) is 5.92 Å². The minimum atomic E-state index is -3.55. The molecular weight excluding hydrogens is 342 g/mol. The highest BCUT2D eigenvalue weighted by Crippen LogP contribution is 2.26. The van der Waals surface area contributed by atoms with Gasteiger partial charge >= 0.3 is 0 Å². The van der Waals surface area contributed by atoms with Gasteiger partial charge in [-0.3, -0.25) is 19.2 Å². The van der Waals surface area contributed by atoms with Gasteiger partial charge in [-0.15, -0.1) is 0 Å². The zero-order valence-electron chi connectivity index (χ0n) is 15.4. The molecule has 2 fully saturated rings. The number of sulfonamides is 1. The third-order valence-electron chi connectivity index (χ3n) is 5.22. The van der Waals surface area contributed by atoms with Gasteiger partial charge in [0.15, 0.2) is 0 Å². The SMILES string of the molecule is CC(=O)N1CCC[C@H](N(CC(=O)NS(C)(=O)=O)CC2CCCCC2)C1. The number of likely N-dealkylation sites (tertiary alicyclic amines) is 1. The van der Waals surface area contributed by atoms with Crippen LogP contribution in [-0.4, -0.2) is 68.5 Å². The summed E-state index contributed by atoms with van der Waals surface area (Å²) in [5.41, 5.74) is 0. The van der Waals surface area contributed by atoms with Crippen LogP contribution in [0.5, 0.6) is 0 Å². The third kappa shape index (κ3) is 6.93. The average Bonchev–Trinajstić information content (AvgIpc) is 2.53. The summed E-state index contributed by atoms with van der Waals surface area (Å²) in [4.78, 5) is 27.8. The van der Waals surface area contributed by atoms with Gasteiger partial charge in [-0.05, 0) is 31.6 Å². The topological polar surface area (TPSA) is 86.8 Å². The first-order valence-electron chi connectivity index (χ1n) is 9.25. The van der Waals surface area contributed by atoms with Crippen molar-refractivity contribution in [1.29, 1.82) is 0 Å². The summed E-state index contributed by atoms with van der Waals surface area (Å²) < 4.78 is 24.7. The summed E-state index contributed by atoms with van der Waals surface area (Å²) >= 11 is 0. The predicted octanol–water partition coefficient (Wildman–Crippen LogP) is 0.955. The van der Waals surface area contributed by atoms with E-state index >= 15 is 0 Å². The molecule has 1 atom stereocenters. The largest absolute Gasteiger partial charge is 0.341 e. The first-order valence-corrected chi connectivity index (χ1v) is 11.1. The maximum absolute atomic E-state index is 12.2. The summed E-state index contributed by atoms with van der Waals surface area (Å²) in [6, 6.07) is 0.116. The van der Waals surface area contributed by atoms with Gasteiger partial charge in [-0.1, -0.05) is 19.3 Å². The zero-order valence-corrected chi connectivity index (χ0v) is 16.2. The lowest BCUT2D eigenvalue weighted by molar-refractivity contribution is -0.131. The van der Waals surface area contributed by atoms with Crippen molar-refractivity contribution in [2.75, 3.05) is 32.4 Å². The highest BCUT2D eigenvalue weighted by Gasteiger charge is 2.30. The van der Waals surface area contributed by atoms with Crippen molar-refractivity contribution in [1.82, 2.24) is 14.5 Å². The molecule has 8 heteroatoms. The summed E-state index contributed by atoms with van der Waals surface area (Å²) in [7, 11) is -3.55. The molecule has 7 nitrogen and oxygen atoms in total. The normalized spacial score (nSPS) is 22.8. The van der Waals surface area contributed by atoms with Crippen LogP contribution in [-0.2, 0) is 19.6 Å². The molecule has 0 aromatic carbocycles. The number of rotatable bonds is 6. The fourth-order valence-electron chi connectivity index (χ4n) is 4.01. The Morgan fingerprint density at radius 2 is 1.80 bits per heavy atom. The molecule has 1 saturated heterocycles. The Morgan fingerprint density at radius 3 is 2.40 bits per heavy atom. The standard InChI is InChI=1S/C17H31N3O4S/c1-14(21)19-10-6-9-16(12-19)20(11-15-7-4-3-5-8-15)13-17(22)18-25(2,23)24/h15-16H,3-13H2,1-2H3,(H,18,22)/t16-/m0/s1. The van der Waals surface area contributed by atoms with Gasteiger partial charge < -0.3 is 4.90 Å². The number of nitrogens with one attached hydrogen (secondary N) is 1. The number of piperidine rings is 1. The molecule has 144 valence electrons. The van der Waals surface area contributed by atoms with E-state index in [1.54, 1.807) is 6.92 Å². The number of hydrogen-bond donors (Lipinski definition) is 1. The van der Waals surface area contributed by atoms with Gasteiger partial charge in [0.2, 0.25) is 21.8 Å². The fraction of sp³-hybridized carbons (Fsp3) is 0.882. The van der Waals surface area contributed by atoms with Crippen LogP contribution in [0.15, 0.2) is 0 Å². The van der Waals surface area contributed by atoms with Gasteiger partial charge in [0, 0.05) is 32.6 Å². The second kappa shape index (κ2) is 8.98. The lowest BCUT2D eigenvalue weighted by Gasteiger charge is -2.40. The second-order valence-electron chi connectivity index (χ2n) is 7.49. The highest BCUT2D eigenvalue weighted by molar-refractivity contribution is 7.89. The summed E-state index contributed by atoms with van der Waals surface area (Å²) in [6.45, 7) is 3.82. The van der Waals surface area contributed by atoms with Gasteiger partial charge in [0.25, 0.3) is 0 Å². The van der Waals surface area contributed by atoms with Crippen LogP contribution in [0, 0.1) is 5.92 Å². The van der Waals surface area contributed by atoms with Crippen LogP contribution >= 0.6 is 0 Å². The molecule has 1 heterocycles. The van der Waals surface area contributed by atoms with Crippen LogP contribution in [0.3, 0.4) is 0 Å². The smallest absolute Gasteiger partial charge is 0.247 e. The van der Waals surface area contributed by atoms with Crippen LogP contribution in [0.4, 0.5) is 0 Å². The first-order chi connectivity index (χ1) is 11.7. The molecule has 1 aliphatic carbocycles. The van der Waals surface area contributed by atoms with E-state index in [2.05, 4.69) is 9.62 Å². The molecule has 2 amide bonds. The van der Waals surface area contributed by atoms with E-state index in [0.717, 1.165) is 45.0 Å². The Bertz CT molecular complexity index is 572. The molecule has 1 N–H and O–H groups in total. The first kappa shape index (κ1) is 20.2. The summed E-state index contributed by atoms with van der Waals surface area (Å²) in [5, 5.41) is 0. The second-order valence-corrected chi connectivity index (χ2v) is 9.24. The van der Waals surface area contributed by atoms with Gasteiger partial charge in [-0.2, -0.15) is 0 Å². The third-order valence-corrected chi connectivity index (χ3v) is 5.82. The quantitative estimate of drug-likeness (QED) is 0.749. The molecule has 0 radical (unpaired) electrons. The molecule has 2 rings (SSSR count). The van der Waals surface area contributed by atoms with E-state index in [-0.39, 0.29) is 18.5 Å². The van der Waals surface area contributed by atoms with Crippen molar-refractivity contribution in [2.45, 2.75) is 57.9 Å². The van der Waals surface area contributed by atoms with Crippen molar-refractivity contribution < 1.29 is 18.0 Å². The predicted molar refractivity (Wildman–Crippen MR) is 96.4 cm³/mol. The number of carbonyl (C=O) groups is 2. The van der Waals surface area contributed by atoms with E-state index < -0.39 is 15.9 Å². The van der Waals surface area contributed by atoms with Crippen LogP contribution in [0.1, 0.15) is 51.9 Å². The van der Waals surface area contributed by atoms with Gasteiger partial charge in [0.05, 0.1) is 12.8 Å². The molecule has 1 aliphatic heterocycles. The Hall–Kier alpha value is -1.15. The monoisotopic (exact) mass is 373 g/mol. The van der Waals surface area contributed by atoms with Crippen molar-refractivity contribution >= 4 is 21.8 Å². The molecule has 0 bridgehead atoms. The highest BCUT2D eigenvalue weighted by atomic mass is 32.2. The molecular formula is C17H31N3O4S. The Kier molecular flexibility index (Phi) is 7.25.